The lowest BCUT2D eigenvalue weighted by molar-refractivity contribution is 1.10. The minimum atomic E-state index is 0.802. The second-order valence-corrected chi connectivity index (χ2v) is 6.01. The highest BCUT2D eigenvalue weighted by Crippen LogP contribution is 2.30. The first-order chi connectivity index (χ1) is 9.65. The Bertz CT molecular complexity index is 744. The van der Waals surface area contributed by atoms with Crippen molar-refractivity contribution in [2.24, 2.45) is 0 Å². The molecule has 0 aliphatic carbocycles. The number of thiophene rings is 1. The third-order valence-electron chi connectivity index (χ3n) is 3.22. The normalized spacial score (nSPS) is 10.9. The summed E-state index contributed by atoms with van der Waals surface area (Å²) in [6.45, 7) is 6.19. The van der Waals surface area contributed by atoms with Gasteiger partial charge in [0.15, 0.2) is 0 Å². The van der Waals surface area contributed by atoms with E-state index in [4.69, 9.17) is 0 Å². The standard InChI is InChI=1S/C16H17N3S/c1-4-13-9-14-15(17-11(3)18-16(14)20-13)19-12-7-5-10(2)6-8-12/h5-9H,4H2,1-3H3,(H,17,18,19). The second kappa shape index (κ2) is 5.21. The fourth-order valence-electron chi connectivity index (χ4n) is 2.12. The Kier molecular flexibility index (Phi) is 3.40. The van der Waals surface area contributed by atoms with E-state index in [1.54, 1.807) is 11.3 Å². The van der Waals surface area contributed by atoms with Gasteiger partial charge < -0.3 is 5.32 Å². The van der Waals surface area contributed by atoms with Crippen molar-refractivity contribution in [2.75, 3.05) is 5.32 Å². The van der Waals surface area contributed by atoms with Crippen LogP contribution in [0.4, 0.5) is 11.5 Å². The molecule has 3 aromatic rings. The van der Waals surface area contributed by atoms with Gasteiger partial charge in [0.1, 0.15) is 16.5 Å². The van der Waals surface area contributed by atoms with Crippen molar-refractivity contribution in [3.05, 3.63) is 46.6 Å². The van der Waals surface area contributed by atoms with E-state index < -0.39 is 0 Å². The van der Waals surface area contributed by atoms with Crippen molar-refractivity contribution in [2.45, 2.75) is 27.2 Å². The van der Waals surface area contributed by atoms with Crippen molar-refractivity contribution in [3.8, 4) is 0 Å². The molecule has 0 saturated carbocycles. The van der Waals surface area contributed by atoms with Gasteiger partial charge in [0.2, 0.25) is 0 Å². The summed E-state index contributed by atoms with van der Waals surface area (Å²) in [6.07, 6.45) is 1.03. The summed E-state index contributed by atoms with van der Waals surface area (Å²) < 4.78 is 0. The number of fused-ring (bicyclic) bond motifs is 1. The van der Waals surface area contributed by atoms with Crippen molar-refractivity contribution in [1.29, 1.82) is 0 Å². The first-order valence-corrected chi connectivity index (χ1v) is 7.58. The predicted octanol–water partition coefficient (Wildman–Crippen LogP) is 4.61. The molecule has 0 fully saturated rings. The highest BCUT2D eigenvalue weighted by molar-refractivity contribution is 7.18. The summed E-state index contributed by atoms with van der Waals surface area (Å²) in [4.78, 5) is 11.5. The summed E-state index contributed by atoms with van der Waals surface area (Å²) in [5.41, 5.74) is 2.31. The molecular formula is C16H17N3S. The number of aromatic nitrogens is 2. The number of aryl methyl sites for hydroxylation is 3. The highest BCUT2D eigenvalue weighted by atomic mass is 32.1. The number of nitrogens with one attached hydrogen (secondary N) is 1. The number of benzene rings is 1. The Morgan fingerprint density at radius 2 is 1.85 bits per heavy atom. The van der Waals surface area contributed by atoms with Crippen LogP contribution in [0.2, 0.25) is 0 Å². The molecule has 0 aliphatic rings. The molecule has 4 heteroatoms. The molecule has 20 heavy (non-hydrogen) atoms. The Hall–Kier alpha value is -1.94. The Morgan fingerprint density at radius 3 is 2.55 bits per heavy atom. The van der Waals surface area contributed by atoms with E-state index in [-0.39, 0.29) is 0 Å². The third-order valence-corrected chi connectivity index (χ3v) is 4.39. The maximum absolute atomic E-state index is 4.55. The number of nitrogens with zero attached hydrogens (tertiary/aromatic N) is 2. The van der Waals surface area contributed by atoms with Crippen molar-refractivity contribution < 1.29 is 0 Å². The Morgan fingerprint density at radius 1 is 1.10 bits per heavy atom. The van der Waals surface area contributed by atoms with Crippen LogP contribution in [0, 0.1) is 13.8 Å². The topological polar surface area (TPSA) is 37.8 Å². The molecule has 3 nitrogen and oxygen atoms in total. The summed E-state index contributed by atoms with van der Waals surface area (Å²) in [5.74, 6) is 1.70. The SMILES string of the molecule is CCc1cc2c(Nc3ccc(C)cc3)nc(C)nc2s1. The highest BCUT2D eigenvalue weighted by Gasteiger charge is 2.10. The summed E-state index contributed by atoms with van der Waals surface area (Å²) in [7, 11) is 0. The van der Waals surface area contributed by atoms with Gasteiger partial charge in [-0.1, -0.05) is 24.6 Å². The van der Waals surface area contributed by atoms with Crippen LogP contribution in [0.25, 0.3) is 10.2 Å². The third kappa shape index (κ3) is 2.51. The molecule has 3 rings (SSSR count). The van der Waals surface area contributed by atoms with Crippen LogP contribution in [0.3, 0.4) is 0 Å². The minimum absolute atomic E-state index is 0.802. The minimum Gasteiger partial charge on any atom is -0.340 e. The van der Waals surface area contributed by atoms with Gasteiger partial charge in [-0.3, -0.25) is 0 Å². The monoisotopic (exact) mass is 283 g/mol. The largest absolute Gasteiger partial charge is 0.340 e. The molecule has 1 N–H and O–H groups in total. The zero-order valence-corrected chi connectivity index (χ0v) is 12.7. The first-order valence-electron chi connectivity index (χ1n) is 6.76. The smallest absolute Gasteiger partial charge is 0.142 e. The lowest BCUT2D eigenvalue weighted by Gasteiger charge is -2.07. The second-order valence-electron chi connectivity index (χ2n) is 4.90. The number of hydrogen-bond donors (Lipinski definition) is 1. The van der Waals surface area contributed by atoms with Gasteiger partial charge in [-0.05, 0) is 38.5 Å². The lowest BCUT2D eigenvalue weighted by Crippen LogP contribution is -1.97. The molecule has 0 atom stereocenters. The molecule has 0 saturated heterocycles. The van der Waals surface area contributed by atoms with Crippen molar-refractivity contribution in [3.63, 3.8) is 0 Å². The molecule has 0 amide bonds. The average molecular weight is 283 g/mol. The van der Waals surface area contributed by atoms with Gasteiger partial charge >= 0.3 is 0 Å². The molecule has 0 radical (unpaired) electrons. The quantitative estimate of drug-likeness (QED) is 0.762. The van der Waals surface area contributed by atoms with E-state index in [0.717, 1.165) is 34.0 Å². The number of hydrogen-bond acceptors (Lipinski definition) is 4. The van der Waals surface area contributed by atoms with E-state index in [1.165, 1.54) is 10.4 Å². The van der Waals surface area contributed by atoms with Gasteiger partial charge in [0.05, 0.1) is 5.39 Å². The van der Waals surface area contributed by atoms with E-state index in [2.05, 4.69) is 59.5 Å². The summed E-state index contributed by atoms with van der Waals surface area (Å²) in [5, 5.41) is 4.52. The van der Waals surface area contributed by atoms with E-state index in [0.29, 0.717) is 0 Å². The molecule has 102 valence electrons. The van der Waals surface area contributed by atoms with Gasteiger partial charge in [-0.15, -0.1) is 11.3 Å². The van der Waals surface area contributed by atoms with Gasteiger partial charge in [0.25, 0.3) is 0 Å². The molecule has 2 aromatic heterocycles. The first kappa shape index (κ1) is 13.1. The maximum Gasteiger partial charge on any atom is 0.142 e. The van der Waals surface area contributed by atoms with Crippen LogP contribution in [0.5, 0.6) is 0 Å². The molecule has 1 aromatic carbocycles. The molecule has 0 spiro atoms. The fourth-order valence-corrected chi connectivity index (χ4v) is 3.13. The molecule has 0 aliphatic heterocycles. The Balaban J connectivity index is 2.05. The predicted molar refractivity (Wildman–Crippen MR) is 86.0 cm³/mol. The van der Waals surface area contributed by atoms with Crippen LogP contribution < -0.4 is 5.32 Å². The Labute approximate surface area is 122 Å². The summed E-state index contributed by atoms with van der Waals surface area (Å²) >= 11 is 1.75. The van der Waals surface area contributed by atoms with E-state index in [1.807, 2.05) is 6.92 Å². The van der Waals surface area contributed by atoms with Crippen LogP contribution in [-0.4, -0.2) is 9.97 Å². The van der Waals surface area contributed by atoms with Crippen molar-refractivity contribution >= 4 is 33.1 Å². The van der Waals surface area contributed by atoms with Gasteiger partial charge in [-0.25, -0.2) is 9.97 Å². The van der Waals surface area contributed by atoms with Crippen LogP contribution in [0.1, 0.15) is 23.2 Å². The van der Waals surface area contributed by atoms with Crippen molar-refractivity contribution in [1.82, 2.24) is 9.97 Å². The van der Waals surface area contributed by atoms with Gasteiger partial charge in [0, 0.05) is 10.6 Å². The van der Waals surface area contributed by atoms with E-state index in [9.17, 15) is 0 Å². The average Bonchev–Trinajstić information content (AvgIpc) is 2.84. The molecule has 0 bridgehead atoms. The molecule has 2 heterocycles. The van der Waals surface area contributed by atoms with Crippen LogP contribution in [-0.2, 0) is 6.42 Å². The van der Waals surface area contributed by atoms with Crippen LogP contribution >= 0.6 is 11.3 Å². The van der Waals surface area contributed by atoms with E-state index >= 15 is 0 Å². The molecule has 0 unspecified atom stereocenters. The zero-order chi connectivity index (χ0) is 14.1. The zero-order valence-electron chi connectivity index (χ0n) is 11.9. The molecular weight excluding hydrogens is 266 g/mol. The lowest BCUT2D eigenvalue weighted by atomic mass is 10.2. The van der Waals surface area contributed by atoms with Crippen LogP contribution in [0.15, 0.2) is 30.3 Å². The van der Waals surface area contributed by atoms with Gasteiger partial charge in [-0.2, -0.15) is 0 Å². The number of rotatable bonds is 3. The summed E-state index contributed by atoms with van der Waals surface area (Å²) in [6, 6.07) is 10.5. The number of anilines is 2. The maximum atomic E-state index is 4.55. The fraction of sp³-hybridized carbons (Fsp3) is 0.250.